The predicted octanol–water partition coefficient (Wildman–Crippen LogP) is 0.940. The largest absolute Gasteiger partial charge is 0.321 e. The lowest BCUT2D eigenvalue weighted by Crippen LogP contribution is -2.73. The van der Waals surface area contributed by atoms with E-state index < -0.39 is 0 Å². The lowest BCUT2D eigenvalue weighted by Gasteiger charge is -1.95. The summed E-state index contributed by atoms with van der Waals surface area (Å²) in [6, 6.07) is 0. The van der Waals surface area contributed by atoms with Gasteiger partial charge in [0.05, 0.1) is 27.6 Å². The molecule has 0 aliphatic rings. The quantitative estimate of drug-likeness (QED) is 0.767. The minimum absolute atomic E-state index is 0.482. The van der Waals surface area contributed by atoms with Gasteiger partial charge in [0.1, 0.15) is 6.20 Å². The maximum absolute atomic E-state index is 7.69. The zero-order valence-corrected chi connectivity index (χ0v) is 8.95. The molecule has 0 atom stereocenters. The molecule has 0 unspecified atom stereocenters. The number of thiazole rings is 1. The summed E-state index contributed by atoms with van der Waals surface area (Å²) in [4.78, 5) is 4.78. The van der Waals surface area contributed by atoms with Crippen LogP contribution < -0.4 is 5.32 Å². The summed E-state index contributed by atoms with van der Waals surface area (Å²) in [6.07, 6.45) is 3.54. The molecule has 0 saturated heterocycles. The predicted molar refractivity (Wildman–Crippen MR) is 53.8 cm³/mol. The second-order valence-electron chi connectivity index (χ2n) is 2.09. The third-order valence-corrected chi connectivity index (χ3v) is 2.68. The molecular weight excluding hydrogens is 238 g/mol. The number of quaternary nitrogens is 1. The van der Waals surface area contributed by atoms with Crippen LogP contribution in [0.15, 0.2) is 22.4 Å². The Morgan fingerprint density at radius 2 is 2.58 bits per heavy atom. The molecule has 0 aliphatic heterocycles. The third kappa shape index (κ3) is 2.23. The topological polar surface area (TPSA) is 53.4 Å². The number of hydrogen-bond donors (Lipinski definition) is 2. The summed E-state index contributed by atoms with van der Waals surface area (Å²) in [5.74, 6) is 0. The van der Waals surface area contributed by atoms with Gasteiger partial charge in [0.25, 0.3) is 0 Å². The number of nitrogens with two attached hydrogens (primary N) is 1. The molecule has 64 valence electrons. The highest BCUT2D eigenvalue weighted by atomic mass is 79.9. The third-order valence-electron chi connectivity index (χ3n) is 1.23. The van der Waals surface area contributed by atoms with Crippen LogP contribution in [0.4, 0.5) is 0 Å². The van der Waals surface area contributed by atoms with Crippen molar-refractivity contribution in [3.8, 4) is 0 Å². The molecule has 0 radical (unpaired) electrons. The van der Waals surface area contributed by atoms with Gasteiger partial charge in [0.15, 0.2) is 0 Å². The van der Waals surface area contributed by atoms with Crippen molar-refractivity contribution < 1.29 is 5.32 Å². The van der Waals surface area contributed by atoms with Crippen LogP contribution in [0.5, 0.6) is 0 Å². The van der Waals surface area contributed by atoms with Crippen LogP contribution in [0.2, 0.25) is 0 Å². The van der Waals surface area contributed by atoms with Crippen LogP contribution in [0.1, 0.15) is 4.88 Å². The molecule has 1 rings (SSSR count). The van der Waals surface area contributed by atoms with E-state index in [0.29, 0.717) is 5.71 Å². The van der Waals surface area contributed by atoms with Crippen molar-refractivity contribution in [2.75, 3.05) is 7.05 Å². The molecule has 0 fully saturated rings. The molecular formula is C7H9BrN3S+. The zero-order chi connectivity index (χ0) is 8.97. The number of hydrogen-bond acceptors (Lipinski definition) is 3. The molecule has 1 aromatic rings. The van der Waals surface area contributed by atoms with Crippen LogP contribution in [0.3, 0.4) is 0 Å². The van der Waals surface area contributed by atoms with Gasteiger partial charge in [0, 0.05) is 6.20 Å². The van der Waals surface area contributed by atoms with Gasteiger partial charge in [-0.1, -0.05) is 0 Å². The second-order valence-corrected chi connectivity index (χ2v) is 3.83. The van der Waals surface area contributed by atoms with Crippen molar-refractivity contribution in [3.05, 3.63) is 27.3 Å². The first-order valence-electron chi connectivity index (χ1n) is 3.38. The fourth-order valence-corrected chi connectivity index (χ4v) is 1.88. The van der Waals surface area contributed by atoms with E-state index in [0.717, 1.165) is 9.36 Å². The van der Waals surface area contributed by atoms with Crippen molar-refractivity contribution >= 4 is 33.0 Å². The Morgan fingerprint density at radius 1 is 1.83 bits per heavy atom. The molecule has 3 nitrogen and oxygen atoms in total. The summed E-state index contributed by atoms with van der Waals surface area (Å²) >= 11 is 4.77. The van der Waals surface area contributed by atoms with Crippen molar-refractivity contribution in [1.82, 2.24) is 4.98 Å². The fourth-order valence-electron chi connectivity index (χ4n) is 0.687. The number of halogens is 1. The highest BCUT2D eigenvalue weighted by Crippen LogP contribution is 2.15. The summed E-state index contributed by atoms with van der Waals surface area (Å²) in [5, 5.41) is 9.58. The molecule has 0 amide bonds. The van der Waals surface area contributed by atoms with Crippen LogP contribution in [-0.2, 0) is 0 Å². The second kappa shape index (κ2) is 4.49. The molecule has 0 aromatic carbocycles. The van der Waals surface area contributed by atoms with Crippen LogP contribution in [0.25, 0.3) is 0 Å². The maximum atomic E-state index is 7.69. The zero-order valence-electron chi connectivity index (χ0n) is 6.54. The SMILES string of the molecule is C[NH2+]C=C(Br)C(=N)c1cncs1. The molecule has 5 heteroatoms. The minimum Gasteiger partial charge on any atom is -0.321 e. The Balaban J connectivity index is 2.79. The van der Waals surface area contributed by atoms with E-state index in [4.69, 9.17) is 5.41 Å². The molecule has 12 heavy (non-hydrogen) atoms. The van der Waals surface area contributed by atoms with Gasteiger partial charge in [-0.15, -0.1) is 11.3 Å². The van der Waals surface area contributed by atoms with Gasteiger partial charge < -0.3 is 5.32 Å². The molecule has 3 N–H and O–H groups in total. The Morgan fingerprint density at radius 3 is 3.08 bits per heavy atom. The van der Waals surface area contributed by atoms with Crippen LogP contribution in [-0.4, -0.2) is 17.7 Å². The van der Waals surface area contributed by atoms with Gasteiger partial charge in [-0.05, 0) is 15.9 Å². The van der Waals surface area contributed by atoms with E-state index in [1.54, 1.807) is 11.7 Å². The maximum Gasteiger partial charge on any atom is 0.109 e. The highest BCUT2D eigenvalue weighted by Gasteiger charge is 2.06. The number of rotatable bonds is 3. The van der Waals surface area contributed by atoms with E-state index in [2.05, 4.69) is 20.9 Å². The molecule has 1 heterocycles. The van der Waals surface area contributed by atoms with Crippen molar-refractivity contribution in [3.63, 3.8) is 0 Å². The summed E-state index contributed by atoms with van der Waals surface area (Å²) in [7, 11) is 1.92. The summed E-state index contributed by atoms with van der Waals surface area (Å²) < 4.78 is 0.786. The first-order valence-corrected chi connectivity index (χ1v) is 5.06. The first kappa shape index (κ1) is 9.57. The monoisotopic (exact) mass is 246 g/mol. The van der Waals surface area contributed by atoms with Crippen molar-refractivity contribution in [1.29, 1.82) is 5.41 Å². The van der Waals surface area contributed by atoms with Crippen molar-refractivity contribution in [2.24, 2.45) is 0 Å². The molecule has 0 bridgehead atoms. The van der Waals surface area contributed by atoms with Gasteiger partial charge in [0.2, 0.25) is 0 Å². The van der Waals surface area contributed by atoms with E-state index in [1.807, 2.05) is 18.6 Å². The lowest BCUT2D eigenvalue weighted by atomic mass is 10.3. The van der Waals surface area contributed by atoms with E-state index >= 15 is 0 Å². The highest BCUT2D eigenvalue weighted by molar-refractivity contribution is 9.12. The Bertz CT molecular complexity index is 292. The number of aromatic nitrogens is 1. The minimum atomic E-state index is 0.482. The van der Waals surface area contributed by atoms with E-state index in [1.165, 1.54) is 11.3 Å². The number of allylic oxidation sites excluding steroid dienone is 1. The first-order chi connectivity index (χ1) is 5.75. The molecule has 0 saturated carbocycles. The Hall–Kier alpha value is -0.520. The van der Waals surface area contributed by atoms with Crippen molar-refractivity contribution in [2.45, 2.75) is 0 Å². The smallest absolute Gasteiger partial charge is 0.109 e. The standard InChI is InChI=1S/C7H8BrN3S/c1-10-2-5(8)7(9)6-3-11-4-12-6/h2-4,9-10H,1H3/p+1. The Labute approximate surface area is 83.2 Å². The lowest BCUT2D eigenvalue weighted by molar-refractivity contribution is -0.556. The van der Waals surface area contributed by atoms with E-state index in [9.17, 15) is 0 Å². The van der Waals surface area contributed by atoms with Gasteiger partial charge in [-0.2, -0.15) is 0 Å². The molecule has 0 spiro atoms. The van der Waals surface area contributed by atoms with Gasteiger partial charge in [-0.25, -0.2) is 0 Å². The summed E-state index contributed by atoms with van der Waals surface area (Å²) in [6.45, 7) is 0. The molecule has 0 aliphatic carbocycles. The normalized spacial score (nSPS) is 11.7. The number of nitrogens with one attached hydrogen (secondary N) is 1. The fraction of sp³-hybridized carbons (Fsp3) is 0.143. The average molecular weight is 247 g/mol. The van der Waals surface area contributed by atoms with Gasteiger partial charge >= 0.3 is 0 Å². The number of nitrogens with zero attached hydrogens (tertiary/aromatic N) is 1. The van der Waals surface area contributed by atoms with Crippen LogP contribution in [0, 0.1) is 5.41 Å². The van der Waals surface area contributed by atoms with E-state index in [-0.39, 0.29) is 0 Å². The van der Waals surface area contributed by atoms with Gasteiger partial charge in [-0.3, -0.25) is 10.4 Å². The van der Waals surface area contributed by atoms with Crippen LogP contribution >= 0.6 is 27.3 Å². The Kier molecular flexibility index (Phi) is 3.58. The average Bonchev–Trinajstić information content (AvgIpc) is 2.55. The molecule has 1 aromatic heterocycles. The summed E-state index contributed by atoms with van der Waals surface area (Å²) in [5.41, 5.74) is 2.20.